The molecule has 2 aromatic heterocycles. The first-order chi connectivity index (χ1) is 7.70. The second kappa shape index (κ2) is 4.40. The second-order valence-corrected chi connectivity index (χ2v) is 3.73. The number of rotatable bonds is 3. The molecule has 1 N–H and O–H groups in total. The summed E-state index contributed by atoms with van der Waals surface area (Å²) in [5, 5.41) is 7.32. The molecule has 0 aromatic carbocycles. The predicted octanol–water partition coefficient (Wildman–Crippen LogP) is 0.905. The van der Waals surface area contributed by atoms with Crippen LogP contribution in [0.4, 0.5) is 0 Å². The van der Waals surface area contributed by atoms with Gasteiger partial charge >= 0.3 is 0 Å². The van der Waals surface area contributed by atoms with Crippen molar-refractivity contribution in [3.8, 4) is 11.3 Å². The van der Waals surface area contributed by atoms with Crippen molar-refractivity contribution < 1.29 is 0 Å². The molecule has 5 heteroatoms. The topological polar surface area (TPSA) is 55.6 Å². The first-order valence-electron chi connectivity index (χ1n) is 5.17. The molecule has 0 radical (unpaired) electrons. The van der Waals surface area contributed by atoms with Crippen molar-refractivity contribution in [3.05, 3.63) is 30.0 Å². The van der Waals surface area contributed by atoms with Gasteiger partial charge in [-0.2, -0.15) is 5.10 Å². The average Bonchev–Trinajstić information content (AvgIpc) is 2.59. The van der Waals surface area contributed by atoms with Crippen LogP contribution in [0, 0.1) is 6.92 Å². The van der Waals surface area contributed by atoms with Crippen LogP contribution in [0.25, 0.3) is 11.3 Å². The third-order valence-corrected chi connectivity index (χ3v) is 2.35. The summed E-state index contributed by atoms with van der Waals surface area (Å²) in [6.07, 6.45) is 5.53. The van der Waals surface area contributed by atoms with Crippen LogP contribution < -0.4 is 5.32 Å². The molecule has 84 valence electrons. The molecule has 0 atom stereocenters. The molecule has 2 rings (SSSR count). The Labute approximate surface area is 94.5 Å². The van der Waals surface area contributed by atoms with Crippen molar-refractivity contribution in [2.24, 2.45) is 7.05 Å². The van der Waals surface area contributed by atoms with Crippen LogP contribution >= 0.6 is 0 Å². The van der Waals surface area contributed by atoms with Gasteiger partial charge in [0.05, 0.1) is 29.5 Å². The van der Waals surface area contributed by atoms with Crippen LogP contribution in [-0.4, -0.2) is 26.8 Å². The molecule has 0 saturated heterocycles. The monoisotopic (exact) mass is 217 g/mol. The standard InChI is InChI=1S/C11H15N5/c1-8-10(7-16(3)15-8)11-6-13-9(4-12-2)5-14-11/h5-7,12H,4H2,1-3H3. The van der Waals surface area contributed by atoms with E-state index in [0.717, 1.165) is 29.2 Å². The number of hydrogen-bond donors (Lipinski definition) is 1. The molecular weight excluding hydrogens is 202 g/mol. The van der Waals surface area contributed by atoms with Gasteiger partial charge in [-0.05, 0) is 14.0 Å². The van der Waals surface area contributed by atoms with E-state index in [1.54, 1.807) is 17.1 Å². The lowest BCUT2D eigenvalue weighted by Crippen LogP contribution is -2.07. The maximum absolute atomic E-state index is 4.39. The molecule has 0 fully saturated rings. The molecule has 0 bridgehead atoms. The van der Waals surface area contributed by atoms with E-state index >= 15 is 0 Å². The van der Waals surface area contributed by atoms with E-state index in [1.165, 1.54) is 0 Å². The van der Waals surface area contributed by atoms with Gasteiger partial charge in [0.25, 0.3) is 0 Å². The zero-order chi connectivity index (χ0) is 11.5. The maximum Gasteiger partial charge on any atom is 0.0919 e. The van der Waals surface area contributed by atoms with Gasteiger partial charge in [-0.1, -0.05) is 0 Å². The van der Waals surface area contributed by atoms with Crippen LogP contribution in [0.1, 0.15) is 11.4 Å². The molecule has 0 amide bonds. The quantitative estimate of drug-likeness (QED) is 0.830. The largest absolute Gasteiger partial charge is 0.314 e. The molecule has 0 unspecified atom stereocenters. The molecule has 5 nitrogen and oxygen atoms in total. The van der Waals surface area contributed by atoms with Gasteiger partial charge in [0.15, 0.2) is 0 Å². The van der Waals surface area contributed by atoms with Crippen molar-refractivity contribution >= 4 is 0 Å². The first kappa shape index (κ1) is 10.8. The van der Waals surface area contributed by atoms with Crippen molar-refractivity contribution in [2.75, 3.05) is 7.05 Å². The highest BCUT2D eigenvalue weighted by atomic mass is 15.2. The van der Waals surface area contributed by atoms with Crippen LogP contribution in [0.2, 0.25) is 0 Å². The van der Waals surface area contributed by atoms with Crippen LogP contribution in [0.3, 0.4) is 0 Å². The summed E-state index contributed by atoms with van der Waals surface area (Å²) >= 11 is 0. The number of hydrogen-bond acceptors (Lipinski definition) is 4. The molecule has 2 heterocycles. The Morgan fingerprint density at radius 2 is 2.12 bits per heavy atom. The number of nitrogens with one attached hydrogen (secondary N) is 1. The normalized spacial score (nSPS) is 10.7. The van der Waals surface area contributed by atoms with E-state index in [1.807, 2.05) is 27.2 Å². The number of aromatic nitrogens is 4. The Hall–Kier alpha value is -1.75. The zero-order valence-corrected chi connectivity index (χ0v) is 9.73. The average molecular weight is 217 g/mol. The minimum Gasteiger partial charge on any atom is -0.314 e. The SMILES string of the molecule is CNCc1cnc(-c2cn(C)nc2C)cn1. The van der Waals surface area contributed by atoms with E-state index in [9.17, 15) is 0 Å². The fourth-order valence-electron chi connectivity index (χ4n) is 1.62. The maximum atomic E-state index is 4.39. The number of aryl methyl sites for hydroxylation is 2. The second-order valence-electron chi connectivity index (χ2n) is 3.73. The van der Waals surface area contributed by atoms with Gasteiger partial charge in [0.1, 0.15) is 0 Å². The highest BCUT2D eigenvalue weighted by Crippen LogP contribution is 2.18. The lowest BCUT2D eigenvalue weighted by atomic mass is 10.2. The molecule has 0 aliphatic carbocycles. The van der Waals surface area contributed by atoms with E-state index in [2.05, 4.69) is 20.4 Å². The lowest BCUT2D eigenvalue weighted by molar-refractivity contribution is 0.756. The number of nitrogens with zero attached hydrogens (tertiary/aromatic N) is 4. The fraction of sp³-hybridized carbons (Fsp3) is 0.364. The van der Waals surface area contributed by atoms with Gasteiger partial charge in [-0.3, -0.25) is 14.6 Å². The summed E-state index contributed by atoms with van der Waals surface area (Å²) in [7, 11) is 3.79. The molecule has 16 heavy (non-hydrogen) atoms. The Morgan fingerprint density at radius 1 is 1.31 bits per heavy atom. The Balaban J connectivity index is 2.31. The van der Waals surface area contributed by atoms with E-state index in [0.29, 0.717) is 0 Å². The van der Waals surface area contributed by atoms with Gasteiger partial charge < -0.3 is 5.32 Å². The third kappa shape index (κ3) is 2.09. The lowest BCUT2D eigenvalue weighted by Gasteiger charge is -2.00. The van der Waals surface area contributed by atoms with Gasteiger partial charge in [-0.25, -0.2) is 0 Å². The Bertz CT molecular complexity index is 472. The van der Waals surface area contributed by atoms with Crippen molar-refractivity contribution in [2.45, 2.75) is 13.5 Å². The highest BCUT2D eigenvalue weighted by molar-refractivity contribution is 5.59. The van der Waals surface area contributed by atoms with Gasteiger partial charge in [0, 0.05) is 25.4 Å². The summed E-state index contributed by atoms with van der Waals surface area (Å²) in [5.41, 5.74) is 3.81. The summed E-state index contributed by atoms with van der Waals surface area (Å²) in [6.45, 7) is 2.71. The van der Waals surface area contributed by atoms with Crippen LogP contribution in [0.15, 0.2) is 18.6 Å². The summed E-state index contributed by atoms with van der Waals surface area (Å²) in [5.74, 6) is 0. The summed E-state index contributed by atoms with van der Waals surface area (Å²) < 4.78 is 1.79. The predicted molar refractivity (Wildman–Crippen MR) is 61.7 cm³/mol. The molecule has 0 aliphatic rings. The zero-order valence-electron chi connectivity index (χ0n) is 9.73. The smallest absolute Gasteiger partial charge is 0.0919 e. The highest BCUT2D eigenvalue weighted by Gasteiger charge is 2.07. The van der Waals surface area contributed by atoms with Crippen LogP contribution in [-0.2, 0) is 13.6 Å². The molecule has 0 aliphatic heterocycles. The Kier molecular flexibility index (Phi) is 2.96. The molecule has 0 saturated carbocycles. The molecule has 0 spiro atoms. The van der Waals surface area contributed by atoms with Gasteiger partial charge in [0.2, 0.25) is 0 Å². The van der Waals surface area contributed by atoms with Gasteiger partial charge in [-0.15, -0.1) is 0 Å². The minimum atomic E-state index is 0.735. The van der Waals surface area contributed by atoms with E-state index in [-0.39, 0.29) is 0 Å². The minimum absolute atomic E-state index is 0.735. The third-order valence-electron chi connectivity index (χ3n) is 2.35. The molecular formula is C11H15N5. The van der Waals surface area contributed by atoms with E-state index in [4.69, 9.17) is 0 Å². The first-order valence-corrected chi connectivity index (χ1v) is 5.17. The Morgan fingerprint density at radius 3 is 2.62 bits per heavy atom. The molecule has 2 aromatic rings. The van der Waals surface area contributed by atoms with Crippen molar-refractivity contribution in [1.82, 2.24) is 25.1 Å². The summed E-state index contributed by atoms with van der Waals surface area (Å²) in [6, 6.07) is 0. The van der Waals surface area contributed by atoms with Crippen molar-refractivity contribution in [3.63, 3.8) is 0 Å². The van der Waals surface area contributed by atoms with Crippen LogP contribution in [0.5, 0.6) is 0 Å². The fourth-order valence-corrected chi connectivity index (χ4v) is 1.62. The van der Waals surface area contributed by atoms with Crippen molar-refractivity contribution in [1.29, 1.82) is 0 Å². The summed E-state index contributed by atoms with van der Waals surface area (Å²) in [4.78, 5) is 8.72. The van der Waals surface area contributed by atoms with E-state index < -0.39 is 0 Å².